The van der Waals surface area contributed by atoms with E-state index in [9.17, 15) is 18.3 Å². The molecule has 0 amide bonds. The van der Waals surface area contributed by atoms with Gasteiger partial charge in [0.05, 0.1) is 23.8 Å². The molecule has 4 rings (SSSR count). The number of rotatable bonds is 5. The van der Waals surface area contributed by atoms with Crippen LogP contribution in [0.3, 0.4) is 0 Å². The molecule has 31 heavy (non-hydrogen) atoms. The Morgan fingerprint density at radius 1 is 1.19 bits per heavy atom. The molecule has 10 heteroatoms. The maximum Gasteiger partial charge on any atom is 0.417 e. The number of nitrogens with one attached hydrogen (secondary N) is 1. The van der Waals surface area contributed by atoms with Crippen LogP contribution < -0.4 is 4.74 Å². The SMILES string of the molecule is CC(C)(CC(O)(Cc1cc2nc(Cl)ncc2[nH]1)C(F)(F)F)c1cc(Cl)cc2c1OCC2. The van der Waals surface area contributed by atoms with E-state index in [2.05, 4.69) is 15.0 Å². The van der Waals surface area contributed by atoms with Gasteiger partial charge in [0, 0.05) is 29.1 Å². The lowest BCUT2D eigenvalue weighted by molar-refractivity contribution is -0.266. The third kappa shape index (κ3) is 4.21. The molecule has 1 aliphatic rings. The summed E-state index contributed by atoms with van der Waals surface area (Å²) in [5.74, 6) is 0.550. The smallest absolute Gasteiger partial charge is 0.417 e. The van der Waals surface area contributed by atoms with Crippen LogP contribution in [-0.4, -0.2) is 38.4 Å². The third-order valence-corrected chi connectivity index (χ3v) is 6.02. The van der Waals surface area contributed by atoms with Crippen molar-refractivity contribution in [3.8, 4) is 5.75 Å². The zero-order valence-electron chi connectivity index (χ0n) is 16.8. The van der Waals surface area contributed by atoms with E-state index in [1.54, 1.807) is 26.0 Å². The first-order chi connectivity index (χ1) is 14.4. The van der Waals surface area contributed by atoms with Crippen molar-refractivity contribution < 1.29 is 23.0 Å². The van der Waals surface area contributed by atoms with Crippen molar-refractivity contribution in [2.45, 2.75) is 50.3 Å². The van der Waals surface area contributed by atoms with Gasteiger partial charge in [0.15, 0.2) is 5.60 Å². The number of aromatic nitrogens is 3. The van der Waals surface area contributed by atoms with Crippen molar-refractivity contribution in [1.29, 1.82) is 0 Å². The number of nitrogens with zero attached hydrogens (tertiary/aromatic N) is 2. The molecule has 0 spiro atoms. The van der Waals surface area contributed by atoms with E-state index in [1.165, 1.54) is 12.3 Å². The molecule has 0 aliphatic carbocycles. The van der Waals surface area contributed by atoms with E-state index < -0.39 is 30.0 Å². The second kappa shape index (κ2) is 7.53. The van der Waals surface area contributed by atoms with E-state index >= 15 is 0 Å². The molecule has 1 unspecified atom stereocenters. The first-order valence-corrected chi connectivity index (χ1v) is 10.4. The minimum Gasteiger partial charge on any atom is -0.493 e. The van der Waals surface area contributed by atoms with Gasteiger partial charge >= 0.3 is 6.18 Å². The highest BCUT2D eigenvalue weighted by Gasteiger charge is 2.56. The number of aliphatic hydroxyl groups is 1. The number of hydrogen-bond donors (Lipinski definition) is 2. The number of ether oxygens (including phenoxy) is 1. The lowest BCUT2D eigenvalue weighted by Crippen LogP contribution is -2.51. The second-order valence-electron chi connectivity index (χ2n) is 8.54. The Hall–Kier alpha value is -2.03. The quantitative estimate of drug-likeness (QED) is 0.486. The van der Waals surface area contributed by atoms with Gasteiger partial charge < -0.3 is 14.8 Å². The first-order valence-electron chi connectivity index (χ1n) is 9.63. The van der Waals surface area contributed by atoms with Crippen molar-refractivity contribution in [3.05, 3.63) is 51.5 Å². The summed E-state index contributed by atoms with van der Waals surface area (Å²) >= 11 is 12.0. The van der Waals surface area contributed by atoms with Crippen LogP contribution in [0.25, 0.3) is 11.0 Å². The maximum absolute atomic E-state index is 14.1. The number of alkyl halides is 3. The number of hydrogen-bond acceptors (Lipinski definition) is 4. The van der Waals surface area contributed by atoms with Crippen molar-refractivity contribution in [2.75, 3.05) is 6.61 Å². The highest BCUT2D eigenvalue weighted by atomic mass is 35.5. The largest absolute Gasteiger partial charge is 0.493 e. The van der Waals surface area contributed by atoms with E-state index in [1.807, 2.05) is 0 Å². The molecule has 0 saturated carbocycles. The molecule has 3 heterocycles. The van der Waals surface area contributed by atoms with Crippen LogP contribution in [0.5, 0.6) is 5.75 Å². The van der Waals surface area contributed by atoms with E-state index in [0.717, 1.165) is 5.56 Å². The van der Waals surface area contributed by atoms with Gasteiger partial charge in [-0.1, -0.05) is 25.4 Å². The number of fused-ring (bicyclic) bond motifs is 2. The minimum absolute atomic E-state index is 0.0138. The standard InChI is InChI=1S/C21H20Cl2F3N3O2/c1-19(2,14-6-12(22)5-11-3-4-31-17(11)14)10-20(30,21(24,25)26)8-13-7-15-16(28-13)9-27-18(23)29-15/h5-7,9,28,30H,3-4,8,10H2,1-2H3. The highest BCUT2D eigenvalue weighted by molar-refractivity contribution is 6.30. The minimum atomic E-state index is -4.88. The molecule has 1 atom stereocenters. The fourth-order valence-corrected chi connectivity index (χ4v) is 4.61. The van der Waals surface area contributed by atoms with Crippen molar-refractivity contribution in [2.24, 2.45) is 0 Å². The average molecular weight is 474 g/mol. The molecule has 5 nitrogen and oxygen atoms in total. The number of halogens is 5. The van der Waals surface area contributed by atoms with Gasteiger partial charge in [-0.05, 0) is 47.2 Å². The summed E-state index contributed by atoms with van der Waals surface area (Å²) in [6, 6.07) is 4.81. The van der Waals surface area contributed by atoms with E-state index in [4.69, 9.17) is 27.9 Å². The van der Waals surface area contributed by atoms with Gasteiger partial charge in [0.2, 0.25) is 5.28 Å². The predicted molar refractivity (Wildman–Crippen MR) is 112 cm³/mol. The Kier molecular flexibility index (Phi) is 5.39. The Balaban J connectivity index is 1.71. The number of benzene rings is 1. The Labute approximate surface area is 186 Å². The summed E-state index contributed by atoms with van der Waals surface area (Å²) in [4.78, 5) is 10.6. The summed E-state index contributed by atoms with van der Waals surface area (Å²) in [5.41, 5.74) is -1.71. The monoisotopic (exact) mass is 473 g/mol. The lowest BCUT2D eigenvalue weighted by atomic mass is 9.73. The summed E-state index contributed by atoms with van der Waals surface area (Å²) in [7, 11) is 0. The van der Waals surface area contributed by atoms with Crippen LogP contribution >= 0.6 is 23.2 Å². The lowest BCUT2D eigenvalue weighted by Gasteiger charge is -2.38. The molecule has 2 aromatic heterocycles. The summed E-state index contributed by atoms with van der Waals surface area (Å²) in [5, 5.41) is 11.3. The molecular weight excluding hydrogens is 454 g/mol. The number of H-pyrrole nitrogens is 1. The summed E-state index contributed by atoms with van der Waals surface area (Å²) in [6.45, 7) is 3.74. The molecule has 0 saturated heterocycles. The van der Waals surface area contributed by atoms with Crippen LogP contribution in [0.15, 0.2) is 24.4 Å². The molecule has 0 bridgehead atoms. The molecule has 166 valence electrons. The van der Waals surface area contributed by atoms with Gasteiger partial charge in [0.25, 0.3) is 0 Å². The van der Waals surface area contributed by atoms with Crippen LogP contribution in [0.4, 0.5) is 13.2 Å². The van der Waals surface area contributed by atoms with Crippen LogP contribution in [-0.2, 0) is 18.3 Å². The Bertz CT molecular complexity index is 1150. The van der Waals surface area contributed by atoms with Gasteiger partial charge in [-0.15, -0.1) is 0 Å². The van der Waals surface area contributed by atoms with E-state index in [-0.39, 0.29) is 11.0 Å². The molecule has 0 radical (unpaired) electrons. The zero-order valence-corrected chi connectivity index (χ0v) is 18.3. The van der Waals surface area contributed by atoms with E-state index in [0.29, 0.717) is 40.4 Å². The van der Waals surface area contributed by atoms with Crippen molar-refractivity contribution >= 4 is 34.2 Å². The molecule has 0 fully saturated rings. The first kappa shape index (κ1) is 22.2. The molecule has 1 aromatic carbocycles. The van der Waals surface area contributed by atoms with Crippen LogP contribution in [0, 0.1) is 0 Å². The number of aromatic amines is 1. The normalized spacial score (nSPS) is 16.3. The van der Waals surface area contributed by atoms with Crippen LogP contribution in [0.1, 0.15) is 37.1 Å². The van der Waals surface area contributed by atoms with Gasteiger partial charge in [-0.3, -0.25) is 0 Å². The molecular formula is C21H20Cl2F3N3O2. The second-order valence-corrected chi connectivity index (χ2v) is 9.31. The fraction of sp³-hybridized carbons (Fsp3) is 0.429. The van der Waals surface area contributed by atoms with Crippen LogP contribution in [0.2, 0.25) is 10.3 Å². The summed E-state index contributed by atoms with van der Waals surface area (Å²) < 4.78 is 48.1. The highest BCUT2D eigenvalue weighted by Crippen LogP contribution is 2.47. The van der Waals surface area contributed by atoms with Gasteiger partial charge in [-0.2, -0.15) is 13.2 Å². The molecule has 3 aromatic rings. The maximum atomic E-state index is 14.1. The molecule has 1 aliphatic heterocycles. The van der Waals surface area contributed by atoms with Gasteiger partial charge in [-0.25, -0.2) is 9.97 Å². The molecule has 2 N–H and O–H groups in total. The van der Waals surface area contributed by atoms with Crippen molar-refractivity contribution in [3.63, 3.8) is 0 Å². The average Bonchev–Trinajstić information content (AvgIpc) is 3.24. The topological polar surface area (TPSA) is 71.0 Å². The Morgan fingerprint density at radius 2 is 1.94 bits per heavy atom. The van der Waals surface area contributed by atoms with Crippen molar-refractivity contribution in [1.82, 2.24) is 15.0 Å². The Morgan fingerprint density at radius 3 is 2.65 bits per heavy atom. The zero-order chi connectivity index (χ0) is 22.6. The third-order valence-electron chi connectivity index (χ3n) is 5.62. The predicted octanol–water partition coefficient (Wildman–Crippen LogP) is 5.40. The summed E-state index contributed by atoms with van der Waals surface area (Å²) in [6.07, 6.45) is -4.13. The van der Waals surface area contributed by atoms with Gasteiger partial charge in [0.1, 0.15) is 5.75 Å². The fourth-order valence-electron chi connectivity index (χ4n) is 4.22.